The number of hydrogen-bond acceptors (Lipinski definition) is 4. The van der Waals surface area contributed by atoms with Crippen molar-refractivity contribution in [1.82, 2.24) is 5.32 Å². The van der Waals surface area contributed by atoms with Crippen LogP contribution in [0.4, 0.5) is 5.69 Å². The lowest BCUT2D eigenvalue weighted by Gasteiger charge is -2.16. The van der Waals surface area contributed by atoms with Crippen LogP contribution < -0.4 is 15.8 Å². The first-order valence-corrected chi connectivity index (χ1v) is 8.80. The van der Waals surface area contributed by atoms with E-state index in [4.69, 9.17) is 5.73 Å². The number of anilines is 1. The second-order valence-electron chi connectivity index (χ2n) is 5.67. The zero-order valence-corrected chi connectivity index (χ0v) is 14.5. The fourth-order valence-electron chi connectivity index (χ4n) is 1.68. The summed E-state index contributed by atoms with van der Waals surface area (Å²) in [5.41, 5.74) is 6.24. The Kier molecular flexibility index (Phi) is 6.14. The molecule has 0 aromatic heterocycles. The van der Waals surface area contributed by atoms with E-state index in [-0.39, 0.29) is 5.91 Å². The summed E-state index contributed by atoms with van der Waals surface area (Å²) in [5.74, 6) is -1.43. The van der Waals surface area contributed by atoms with Crippen LogP contribution >= 0.6 is 0 Å². The lowest BCUT2D eigenvalue weighted by Crippen LogP contribution is -2.43. The largest absolute Gasteiger partial charge is 0.368 e. The van der Waals surface area contributed by atoms with Crippen LogP contribution in [0.1, 0.15) is 39.2 Å². The van der Waals surface area contributed by atoms with E-state index in [9.17, 15) is 18.0 Å². The average molecular weight is 341 g/mol. The molecule has 1 rings (SSSR count). The lowest BCUT2D eigenvalue weighted by atomic mass is 10.00. The van der Waals surface area contributed by atoms with E-state index in [0.717, 1.165) is 0 Å². The fraction of sp³-hybridized carbons (Fsp3) is 0.467. The first-order valence-electron chi connectivity index (χ1n) is 7.26. The highest BCUT2D eigenvalue weighted by molar-refractivity contribution is 7.93. The Morgan fingerprint density at radius 1 is 1.04 bits per heavy atom. The molecule has 0 aliphatic heterocycles. The molecule has 128 valence electrons. The van der Waals surface area contributed by atoms with Crippen molar-refractivity contribution >= 4 is 27.5 Å². The quantitative estimate of drug-likeness (QED) is 0.683. The van der Waals surface area contributed by atoms with Crippen LogP contribution in [0, 0.1) is 0 Å². The molecule has 0 bridgehead atoms. The van der Waals surface area contributed by atoms with Crippen LogP contribution in [0.2, 0.25) is 0 Å². The van der Waals surface area contributed by atoms with E-state index in [0.29, 0.717) is 11.3 Å². The van der Waals surface area contributed by atoms with Crippen LogP contribution in [0.5, 0.6) is 0 Å². The molecule has 23 heavy (non-hydrogen) atoms. The van der Waals surface area contributed by atoms with Gasteiger partial charge in [0.25, 0.3) is 0 Å². The maximum Gasteiger partial charge on any atom is 0.239 e. The fourth-order valence-corrected chi connectivity index (χ4v) is 2.38. The topological polar surface area (TPSA) is 118 Å². The number of carbonyl (C=O) groups is 2. The summed E-state index contributed by atoms with van der Waals surface area (Å²) in [6.07, 6.45) is 0. The van der Waals surface area contributed by atoms with Crippen LogP contribution in [-0.2, 0) is 19.6 Å². The molecule has 0 fully saturated rings. The molecule has 1 aromatic carbocycles. The Morgan fingerprint density at radius 2 is 1.57 bits per heavy atom. The van der Waals surface area contributed by atoms with Crippen molar-refractivity contribution in [2.45, 2.75) is 44.9 Å². The van der Waals surface area contributed by atoms with Crippen LogP contribution in [0.15, 0.2) is 24.3 Å². The number of carbonyl (C=O) groups excluding carboxylic acids is 2. The van der Waals surface area contributed by atoms with E-state index in [2.05, 4.69) is 10.0 Å². The van der Waals surface area contributed by atoms with Gasteiger partial charge >= 0.3 is 0 Å². The number of nitrogens with one attached hydrogen (secondary N) is 2. The predicted octanol–water partition coefficient (Wildman–Crippen LogP) is 0.930. The highest BCUT2D eigenvalue weighted by atomic mass is 32.2. The second kappa shape index (κ2) is 7.45. The highest BCUT2D eigenvalue weighted by Gasteiger charge is 2.20. The normalized spacial score (nSPS) is 14.1. The average Bonchev–Trinajstić information content (AvgIpc) is 2.46. The minimum atomic E-state index is -3.41. The third-order valence-corrected chi connectivity index (χ3v) is 5.23. The van der Waals surface area contributed by atoms with Gasteiger partial charge in [-0.2, -0.15) is 0 Å². The molecule has 1 unspecified atom stereocenters. The van der Waals surface area contributed by atoms with Gasteiger partial charge in [0.05, 0.1) is 11.2 Å². The maximum atomic E-state index is 12.0. The lowest BCUT2D eigenvalue weighted by molar-refractivity contribution is -0.127. The molecule has 0 spiro atoms. The van der Waals surface area contributed by atoms with Gasteiger partial charge in [-0.1, -0.05) is 12.1 Å². The Bertz CT molecular complexity index is 668. The molecule has 0 heterocycles. The number of rotatable bonds is 7. The first kappa shape index (κ1) is 19.0. The predicted molar refractivity (Wildman–Crippen MR) is 89.3 cm³/mol. The second-order valence-corrected chi connectivity index (χ2v) is 7.91. The van der Waals surface area contributed by atoms with Crippen molar-refractivity contribution in [3.63, 3.8) is 0 Å². The SMILES string of the molecule is CC(C(=O)N[C@@H](C)C(N)=O)c1ccc(NS(=O)(=O)C(C)C)cc1. The van der Waals surface area contributed by atoms with Gasteiger partial charge in [-0.3, -0.25) is 14.3 Å². The summed E-state index contributed by atoms with van der Waals surface area (Å²) in [4.78, 5) is 23.0. The van der Waals surface area contributed by atoms with Gasteiger partial charge in [0.1, 0.15) is 6.04 Å². The molecular formula is C15H23N3O4S. The molecule has 0 saturated carbocycles. The number of amides is 2. The molecule has 7 nitrogen and oxygen atoms in total. The van der Waals surface area contributed by atoms with Gasteiger partial charge < -0.3 is 11.1 Å². The van der Waals surface area contributed by atoms with Crippen LogP contribution in [-0.4, -0.2) is 31.5 Å². The van der Waals surface area contributed by atoms with Crippen LogP contribution in [0.3, 0.4) is 0 Å². The number of nitrogens with two attached hydrogens (primary N) is 1. The third kappa shape index (κ3) is 5.24. The molecule has 1 aromatic rings. The highest BCUT2D eigenvalue weighted by Crippen LogP contribution is 2.19. The Hall–Kier alpha value is -2.09. The van der Waals surface area contributed by atoms with Crippen molar-refractivity contribution < 1.29 is 18.0 Å². The van der Waals surface area contributed by atoms with Crippen molar-refractivity contribution in [2.24, 2.45) is 5.73 Å². The first-order chi connectivity index (χ1) is 10.5. The Balaban J connectivity index is 2.80. The van der Waals surface area contributed by atoms with Crippen molar-refractivity contribution in [3.05, 3.63) is 29.8 Å². The summed E-state index contributed by atoms with van der Waals surface area (Å²) in [6.45, 7) is 6.37. The van der Waals surface area contributed by atoms with Gasteiger partial charge in [0.15, 0.2) is 0 Å². The van der Waals surface area contributed by atoms with Gasteiger partial charge in [0, 0.05) is 5.69 Å². The van der Waals surface area contributed by atoms with E-state index in [1.54, 1.807) is 45.0 Å². The molecule has 0 aliphatic carbocycles. The van der Waals surface area contributed by atoms with E-state index in [1.165, 1.54) is 6.92 Å². The van der Waals surface area contributed by atoms with Crippen LogP contribution in [0.25, 0.3) is 0 Å². The Labute approximate surface area is 136 Å². The van der Waals surface area contributed by atoms with Crippen molar-refractivity contribution in [2.75, 3.05) is 4.72 Å². The number of hydrogen-bond donors (Lipinski definition) is 3. The molecule has 4 N–H and O–H groups in total. The van der Waals surface area contributed by atoms with Gasteiger partial charge in [-0.25, -0.2) is 8.42 Å². The van der Waals surface area contributed by atoms with Crippen molar-refractivity contribution in [3.8, 4) is 0 Å². The number of primary amides is 1. The summed E-state index contributed by atoms with van der Waals surface area (Å²) in [7, 11) is -3.41. The molecule has 8 heteroatoms. The molecular weight excluding hydrogens is 318 g/mol. The number of sulfonamides is 1. The zero-order valence-electron chi connectivity index (χ0n) is 13.7. The summed E-state index contributed by atoms with van der Waals surface area (Å²) >= 11 is 0. The van der Waals surface area contributed by atoms with Gasteiger partial charge in [-0.15, -0.1) is 0 Å². The van der Waals surface area contributed by atoms with Gasteiger partial charge in [-0.05, 0) is 45.4 Å². The molecule has 2 amide bonds. The summed E-state index contributed by atoms with van der Waals surface area (Å²) < 4.78 is 26.1. The summed E-state index contributed by atoms with van der Waals surface area (Å²) in [5, 5.41) is 1.98. The van der Waals surface area contributed by atoms with Gasteiger partial charge in [0.2, 0.25) is 21.8 Å². The molecule has 0 radical (unpaired) electrons. The minimum Gasteiger partial charge on any atom is -0.368 e. The standard InChI is InChI=1S/C15H23N3O4S/c1-9(2)23(21,22)18-13-7-5-12(6-8-13)10(3)15(20)17-11(4)14(16)19/h5-11,18H,1-4H3,(H2,16,19)(H,17,20)/t10?,11-/m0/s1. The van der Waals surface area contributed by atoms with Crippen molar-refractivity contribution in [1.29, 1.82) is 0 Å². The minimum absolute atomic E-state index is 0.327. The third-order valence-electron chi connectivity index (χ3n) is 3.47. The zero-order chi connectivity index (χ0) is 17.8. The molecule has 2 atom stereocenters. The van der Waals surface area contributed by atoms with E-state index < -0.39 is 33.1 Å². The smallest absolute Gasteiger partial charge is 0.239 e. The van der Waals surface area contributed by atoms with E-state index >= 15 is 0 Å². The molecule has 0 saturated heterocycles. The number of benzene rings is 1. The Morgan fingerprint density at radius 3 is 2.00 bits per heavy atom. The summed E-state index contributed by atoms with van der Waals surface area (Å²) in [6, 6.07) is 5.77. The molecule has 0 aliphatic rings. The maximum absolute atomic E-state index is 12.0. The van der Waals surface area contributed by atoms with E-state index in [1.807, 2.05) is 0 Å². The monoisotopic (exact) mass is 341 g/mol.